The molecule has 0 aromatic heterocycles. The van der Waals surface area contributed by atoms with Gasteiger partial charge in [0, 0.05) is 18.9 Å². The van der Waals surface area contributed by atoms with Crippen LogP contribution in [0.1, 0.15) is 18.4 Å². The number of carbonyl (C=O) groups is 2. The summed E-state index contributed by atoms with van der Waals surface area (Å²) in [5.41, 5.74) is -0.464. The Bertz CT molecular complexity index is 1150. The van der Waals surface area contributed by atoms with Gasteiger partial charge in [0.05, 0.1) is 6.10 Å². The zero-order valence-electron chi connectivity index (χ0n) is 29.9. The first-order valence-corrected chi connectivity index (χ1v) is 32.7. The molecule has 8 nitrogen and oxygen atoms in total. The zero-order chi connectivity index (χ0) is 33.9. The minimum Gasteiger partial charge on any atom is -0.544 e. The van der Waals surface area contributed by atoms with Gasteiger partial charge >= 0.3 is 11.9 Å². The summed E-state index contributed by atoms with van der Waals surface area (Å²) in [5, 5.41) is 0. The lowest BCUT2D eigenvalue weighted by Gasteiger charge is -2.50. The summed E-state index contributed by atoms with van der Waals surface area (Å²) in [6.45, 7) is 31.1. The maximum Gasteiger partial charge on any atom is 0.331 e. The molecule has 1 aromatic rings. The second-order valence-electron chi connectivity index (χ2n) is 16.7. The highest BCUT2D eigenvalue weighted by molar-refractivity contribution is 6.72. The van der Waals surface area contributed by atoms with Crippen LogP contribution in [-0.4, -0.2) is 77.4 Å². The fraction of sp³-hybridized carbons (Fsp3) is 0.677. The molecule has 0 bridgehead atoms. The molecule has 13 heteroatoms. The topological polar surface area (TPSA) is 89.5 Å². The Balaban J connectivity index is 2.51. The summed E-state index contributed by atoms with van der Waals surface area (Å²) < 4.78 is 38.5. The van der Waals surface area contributed by atoms with Crippen LogP contribution in [0.2, 0.25) is 98.2 Å². The Hall–Kier alpha value is -1.34. The normalized spacial score (nSPS) is 23.8. The Labute approximate surface area is 271 Å². The van der Waals surface area contributed by atoms with Crippen molar-refractivity contribution in [1.82, 2.24) is 0 Å². The van der Waals surface area contributed by atoms with Crippen LogP contribution in [0.3, 0.4) is 0 Å². The number of benzene rings is 1. The van der Waals surface area contributed by atoms with Crippen molar-refractivity contribution in [2.75, 3.05) is 0 Å². The van der Waals surface area contributed by atoms with E-state index >= 15 is 0 Å². The molecule has 1 aliphatic rings. The lowest BCUT2D eigenvalue weighted by atomic mass is 9.79. The molecular formula is C31H58O8Si5. The van der Waals surface area contributed by atoms with E-state index in [4.69, 9.17) is 26.9 Å². The number of ether oxygens (including phenoxy) is 1. The third-order valence-electron chi connectivity index (χ3n) is 6.05. The molecule has 1 aliphatic carbocycles. The molecule has 1 aromatic carbocycles. The zero-order valence-corrected chi connectivity index (χ0v) is 34.9. The Morgan fingerprint density at radius 3 is 1.66 bits per heavy atom. The van der Waals surface area contributed by atoms with Gasteiger partial charge in [0.1, 0.15) is 18.0 Å². The summed E-state index contributed by atoms with van der Waals surface area (Å²) in [6.07, 6.45) is 1.75. The Kier molecular flexibility index (Phi) is 12.5. The molecule has 4 atom stereocenters. The number of hydrogen-bond acceptors (Lipinski definition) is 8. The third-order valence-corrected chi connectivity index (χ3v) is 10.7. The third kappa shape index (κ3) is 14.0. The maximum absolute atomic E-state index is 14.0. The van der Waals surface area contributed by atoms with E-state index in [0.717, 1.165) is 11.3 Å². The van der Waals surface area contributed by atoms with Crippen LogP contribution in [0.4, 0.5) is 0 Å². The molecule has 0 aliphatic heterocycles. The van der Waals surface area contributed by atoms with Gasteiger partial charge in [0.2, 0.25) is 16.6 Å². The van der Waals surface area contributed by atoms with Crippen molar-refractivity contribution >= 4 is 59.6 Å². The summed E-state index contributed by atoms with van der Waals surface area (Å²) in [6, 6.07) is 7.64. The molecule has 0 saturated heterocycles. The van der Waals surface area contributed by atoms with E-state index in [2.05, 4.69) is 78.6 Å². The van der Waals surface area contributed by atoms with Gasteiger partial charge in [0.25, 0.3) is 0 Å². The van der Waals surface area contributed by atoms with Crippen LogP contribution in [0.15, 0.2) is 30.3 Å². The smallest absolute Gasteiger partial charge is 0.331 e. The number of carbonyl (C=O) groups excluding carboxylic acids is 2. The second kappa shape index (κ2) is 14.2. The van der Waals surface area contributed by atoms with E-state index in [9.17, 15) is 9.59 Å². The predicted molar refractivity (Wildman–Crippen MR) is 192 cm³/mol. The molecular weight excluding hydrogens is 641 g/mol. The molecule has 250 valence electrons. The molecule has 0 amide bonds. The summed E-state index contributed by atoms with van der Waals surface area (Å²) in [7, 11) is -10.5. The van der Waals surface area contributed by atoms with E-state index in [1.54, 1.807) is 6.08 Å². The predicted octanol–water partition coefficient (Wildman–Crippen LogP) is 8.03. The molecule has 0 unspecified atom stereocenters. The Morgan fingerprint density at radius 2 is 1.20 bits per heavy atom. The van der Waals surface area contributed by atoms with Crippen molar-refractivity contribution in [3.8, 4) is 5.75 Å². The minimum atomic E-state index is -2.28. The first kappa shape index (κ1) is 38.8. The van der Waals surface area contributed by atoms with Crippen molar-refractivity contribution in [2.45, 2.75) is 135 Å². The van der Waals surface area contributed by atoms with Crippen molar-refractivity contribution in [3.05, 3.63) is 35.9 Å². The highest BCUT2D eigenvalue weighted by atomic mass is 28.4. The summed E-state index contributed by atoms with van der Waals surface area (Å²) in [4.78, 5) is 27.4. The molecule has 0 heterocycles. The Morgan fingerprint density at radius 1 is 0.682 bits per heavy atom. The molecule has 2 rings (SSSR count). The second-order valence-corrected chi connectivity index (χ2v) is 38.9. The van der Waals surface area contributed by atoms with Gasteiger partial charge in [-0.3, -0.25) is 4.79 Å². The molecule has 1 fully saturated rings. The SMILES string of the molecule is C[Si](C)(C)OC(=O)[C@@]1(O[Si](C)(C)C)C[C@@H](OC(=O)/C=C/c2ccc(O[Si](C)(C)C)cc2)[C@H](O[Si](C)(C)C)[C@H](O[Si](C)(C)C)C1. The average Bonchev–Trinajstić information content (AvgIpc) is 2.76. The summed E-state index contributed by atoms with van der Waals surface area (Å²) >= 11 is 0. The van der Waals surface area contributed by atoms with Gasteiger partial charge in [-0.2, -0.15) is 0 Å². The molecule has 0 N–H and O–H groups in total. The molecule has 0 spiro atoms. The first-order valence-electron chi connectivity index (χ1n) is 15.6. The molecule has 0 radical (unpaired) electrons. The van der Waals surface area contributed by atoms with E-state index in [0.29, 0.717) is 0 Å². The highest BCUT2D eigenvalue weighted by Gasteiger charge is 2.57. The van der Waals surface area contributed by atoms with Crippen molar-refractivity contribution in [3.63, 3.8) is 0 Å². The highest BCUT2D eigenvalue weighted by Crippen LogP contribution is 2.42. The van der Waals surface area contributed by atoms with Gasteiger partial charge in [-0.1, -0.05) is 12.1 Å². The minimum absolute atomic E-state index is 0.142. The van der Waals surface area contributed by atoms with Gasteiger partial charge in [-0.25, -0.2) is 4.79 Å². The lowest BCUT2D eigenvalue weighted by Crippen LogP contribution is -2.65. The van der Waals surface area contributed by atoms with E-state index in [1.165, 1.54) is 6.08 Å². The first-order chi connectivity index (χ1) is 19.7. The molecule has 44 heavy (non-hydrogen) atoms. The van der Waals surface area contributed by atoms with Crippen molar-refractivity contribution in [1.29, 1.82) is 0 Å². The van der Waals surface area contributed by atoms with Crippen LogP contribution in [-0.2, 0) is 32.0 Å². The number of esters is 1. The van der Waals surface area contributed by atoms with E-state index in [1.807, 2.05) is 43.9 Å². The van der Waals surface area contributed by atoms with Crippen LogP contribution >= 0.6 is 0 Å². The monoisotopic (exact) mass is 698 g/mol. The average molecular weight is 699 g/mol. The van der Waals surface area contributed by atoms with Gasteiger partial charge in [-0.15, -0.1) is 0 Å². The molecule has 1 saturated carbocycles. The largest absolute Gasteiger partial charge is 0.544 e. The van der Waals surface area contributed by atoms with Crippen LogP contribution < -0.4 is 4.43 Å². The van der Waals surface area contributed by atoms with E-state index in [-0.39, 0.29) is 12.8 Å². The van der Waals surface area contributed by atoms with Crippen LogP contribution in [0.5, 0.6) is 5.75 Å². The fourth-order valence-corrected chi connectivity index (χ4v) is 10.3. The van der Waals surface area contributed by atoms with E-state index < -0.39 is 77.4 Å². The van der Waals surface area contributed by atoms with Crippen molar-refractivity contribution < 1.29 is 36.5 Å². The fourth-order valence-electron chi connectivity index (χ4n) is 5.04. The van der Waals surface area contributed by atoms with Gasteiger partial charge < -0.3 is 26.9 Å². The van der Waals surface area contributed by atoms with Crippen LogP contribution in [0, 0.1) is 0 Å². The lowest BCUT2D eigenvalue weighted by molar-refractivity contribution is -0.187. The standard InChI is InChI=1S/C31H58O8Si5/c1-40(2,3)35-25-19-16-24(17-20-25)18-21-28(32)34-26-22-31(39-44(13,14)15,30(33)38-43(10,11)12)23-27(36-41(4,5)6)29(26)37-42(7,8)9/h16-21,26-27,29H,22-23H2,1-15H3/b21-18+/t26-,27-,29+,31-/m1/s1. The summed E-state index contributed by atoms with van der Waals surface area (Å²) in [5.74, 6) is -0.0996. The van der Waals surface area contributed by atoms with Crippen LogP contribution in [0.25, 0.3) is 6.08 Å². The van der Waals surface area contributed by atoms with Gasteiger partial charge in [0.15, 0.2) is 30.6 Å². The van der Waals surface area contributed by atoms with Crippen molar-refractivity contribution in [2.24, 2.45) is 0 Å². The number of rotatable bonds is 13. The van der Waals surface area contributed by atoms with Gasteiger partial charge in [-0.05, 0) is 122 Å². The maximum atomic E-state index is 14.0. The number of hydrogen-bond donors (Lipinski definition) is 0. The quantitative estimate of drug-likeness (QED) is 0.116.